The van der Waals surface area contributed by atoms with Gasteiger partial charge in [0.25, 0.3) is 0 Å². The quantitative estimate of drug-likeness (QED) is 0.797. The largest absolute Gasteiger partial charge is 0.457 e. The fourth-order valence-electron chi connectivity index (χ4n) is 1.46. The van der Waals surface area contributed by atoms with Gasteiger partial charge in [0, 0.05) is 6.54 Å². The van der Waals surface area contributed by atoms with Gasteiger partial charge in [0.05, 0.1) is 0 Å². The van der Waals surface area contributed by atoms with Crippen molar-refractivity contribution in [3.63, 3.8) is 0 Å². The van der Waals surface area contributed by atoms with E-state index in [1.807, 2.05) is 54.6 Å². The Morgan fingerprint density at radius 3 is 2.24 bits per heavy atom. The molecule has 2 aromatic rings. The van der Waals surface area contributed by atoms with Crippen LogP contribution in [0, 0.1) is 0 Å². The Balaban J connectivity index is 2.01. The number of ether oxygens (including phenoxy) is 1. The summed E-state index contributed by atoms with van der Waals surface area (Å²) >= 11 is 0. The van der Waals surface area contributed by atoms with E-state index in [4.69, 9.17) is 4.74 Å². The molecule has 0 atom stereocenters. The SMILES string of the molecule is O=CNCc1ccc(Oc2ccccc2)cc1. The van der Waals surface area contributed by atoms with E-state index in [9.17, 15) is 4.79 Å². The zero-order chi connectivity index (χ0) is 11.9. The molecule has 0 aliphatic carbocycles. The van der Waals surface area contributed by atoms with E-state index in [2.05, 4.69) is 5.32 Å². The van der Waals surface area contributed by atoms with E-state index in [0.717, 1.165) is 17.1 Å². The number of hydrogen-bond acceptors (Lipinski definition) is 2. The molecule has 3 heteroatoms. The lowest BCUT2D eigenvalue weighted by atomic mass is 10.2. The first-order valence-electron chi connectivity index (χ1n) is 5.37. The second-order valence-corrected chi connectivity index (χ2v) is 3.56. The van der Waals surface area contributed by atoms with Gasteiger partial charge < -0.3 is 10.1 Å². The highest BCUT2D eigenvalue weighted by Crippen LogP contribution is 2.20. The summed E-state index contributed by atoms with van der Waals surface area (Å²) in [7, 11) is 0. The fraction of sp³-hybridized carbons (Fsp3) is 0.0714. The Hall–Kier alpha value is -2.29. The van der Waals surface area contributed by atoms with Crippen LogP contribution in [0.1, 0.15) is 5.56 Å². The van der Waals surface area contributed by atoms with Crippen LogP contribution >= 0.6 is 0 Å². The second-order valence-electron chi connectivity index (χ2n) is 3.56. The summed E-state index contributed by atoms with van der Waals surface area (Å²) in [6.07, 6.45) is 0.689. The summed E-state index contributed by atoms with van der Waals surface area (Å²) in [6, 6.07) is 17.2. The number of carbonyl (C=O) groups is 1. The van der Waals surface area contributed by atoms with E-state index in [1.54, 1.807) is 0 Å². The summed E-state index contributed by atoms with van der Waals surface area (Å²) < 4.78 is 5.65. The van der Waals surface area contributed by atoms with Crippen molar-refractivity contribution in [2.45, 2.75) is 6.54 Å². The van der Waals surface area contributed by atoms with Crippen molar-refractivity contribution in [1.29, 1.82) is 0 Å². The number of benzene rings is 2. The van der Waals surface area contributed by atoms with Gasteiger partial charge in [-0.3, -0.25) is 4.79 Å². The Kier molecular flexibility index (Phi) is 3.76. The van der Waals surface area contributed by atoms with Crippen molar-refractivity contribution in [3.05, 3.63) is 60.2 Å². The summed E-state index contributed by atoms with van der Waals surface area (Å²) in [4.78, 5) is 10.2. The predicted octanol–water partition coefficient (Wildman–Crippen LogP) is 2.72. The zero-order valence-corrected chi connectivity index (χ0v) is 9.30. The molecule has 0 spiro atoms. The number of rotatable bonds is 5. The number of carbonyl (C=O) groups excluding carboxylic acids is 1. The summed E-state index contributed by atoms with van der Waals surface area (Å²) in [5.41, 5.74) is 1.04. The van der Waals surface area contributed by atoms with Crippen LogP contribution in [0.2, 0.25) is 0 Å². The molecule has 0 bridgehead atoms. The predicted molar refractivity (Wildman–Crippen MR) is 65.9 cm³/mol. The van der Waals surface area contributed by atoms with E-state index in [-0.39, 0.29) is 0 Å². The molecule has 1 amide bonds. The van der Waals surface area contributed by atoms with E-state index in [0.29, 0.717) is 13.0 Å². The smallest absolute Gasteiger partial charge is 0.207 e. The third-order valence-electron chi connectivity index (χ3n) is 2.29. The van der Waals surface area contributed by atoms with Crippen molar-refractivity contribution in [1.82, 2.24) is 5.32 Å². The van der Waals surface area contributed by atoms with Crippen LogP contribution in [0.3, 0.4) is 0 Å². The third-order valence-corrected chi connectivity index (χ3v) is 2.29. The Bertz CT molecular complexity index is 465. The van der Waals surface area contributed by atoms with Gasteiger partial charge in [-0.2, -0.15) is 0 Å². The first kappa shape index (κ1) is 11.2. The highest BCUT2D eigenvalue weighted by atomic mass is 16.5. The summed E-state index contributed by atoms with van der Waals surface area (Å²) in [5, 5.41) is 2.61. The molecule has 0 radical (unpaired) electrons. The zero-order valence-electron chi connectivity index (χ0n) is 9.30. The van der Waals surface area contributed by atoms with Gasteiger partial charge in [-0.05, 0) is 29.8 Å². The number of nitrogens with one attached hydrogen (secondary N) is 1. The lowest BCUT2D eigenvalue weighted by Crippen LogP contribution is -2.09. The monoisotopic (exact) mass is 227 g/mol. The molecule has 0 aliphatic heterocycles. The maximum atomic E-state index is 10.2. The molecule has 1 N–H and O–H groups in total. The third kappa shape index (κ3) is 3.34. The highest BCUT2D eigenvalue weighted by molar-refractivity contribution is 5.46. The average Bonchev–Trinajstić information content (AvgIpc) is 2.39. The molecule has 0 saturated heterocycles. The molecule has 0 fully saturated rings. The maximum Gasteiger partial charge on any atom is 0.207 e. The van der Waals surface area contributed by atoms with Crippen LogP contribution in [0.5, 0.6) is 11.5 Å². The molecule has 2 aromatic carbocycles. The van der Waals surface area contributed by atoms with Crippen LogP contribution in [-0.4, -0.2) is 6.41 Å². The molecule has 0 saturated carbocycles. The summed E-state index contributed by atoms with van der Waals surface area (Å²) in [5.74, 6) is 1.59. The molecule has 0 heterocycles. The van der Waals surface area contributed by atoms with Gasteiger partial charge in [-0.1, -0.05) is 30.3 Å². The minimum Gasteiger partial charge on any atom is -0.457 e. The van der Waals surface area contributed by atoms with E-state index in [1.165, 1.54) is 0 Å². The topological polar surface area (TPSA) is 38.3 Å². The first-order valence-corrected chi connectivity index (χ1v) is 5.37. The molecular formula is C14H13NO2. The fourth-order valence-corrected chi connectivity index (χ4v) is 1.46. The van der Waals surface area contributed by atoms with Crippen molar-refractivity contribution in [3.8, 4) is 11.5 Å². The standard InChI is InChI=1S/C14H13NO2/c16-11-15-10-12-6-8-14(9-7-12)17-13-4-2-1-3-5-13/h1-9,11H,10H2,(H,15,16). The molecule has 86 valence electrons. The molecule has 2 rings (SSSR count). The van der Waals surface area contributed by atoms with Gasteiger partial charge in [0.15, 0.2) is 0 Å². The lowest BCUT2D eigenvalue weighted by Gasteiger charge is -2.06. The van der Waals surface area contributed by atoms with Gasteiger partial charge >= 0.3 is 0 Å². The average molecular weight is 227 g/mol. The first-order chi connectivity index (χ1) is 8.38. The van der Waals surface area contributed by atoms with Crippen LogP contribution in [0.15, 0.2) is 54.6 Å². The summed E-state index contributed by atoms with van der Waals surface area (Å²) in [6.45, 7) is 0.537. The minimum absolute atomic E-state index is 0.537. The number of amides is 1. The van der Waals surface area contributed by atoms with E-state index < -0.39 is 0 Å². The highest BCUT2D eigenvalue weighted by Gasteiger charge is 1.96. The Morgan fingerprint density at radius 2 is 1.59 bits per heavy atom. The Morgan fingerprint density at radius 1 is 0.941 bits per heavy atom. The molecule has 3 nitrogen and oxygen atoms in total. The van der Waals surface area contributed by atoms with Crippen molar-refractivity contribution in [2.75, 3.05) is 0 Å². The van der Waals surface area contributed by atoms with Crippen molar-refractivity contribution < 1.29 is 9.53 Å². The maximum absolute atomic E-state index is 10.2. The molecule has 0 aliphatic rings. The normalized spacial score (nSPS) is 9.65. The van der Waals surface area contributed by atoms with Crippen molar-refractivity contribution >= 4 is 6.41 Å². The lowest BCUT2D eigenvalue weighted by molar-refractivity contribution is -0.109. The number of para-hydroxylation sites is 1. The Labute approximate surface area is 100 Å². The molecular weight excluding hydrogens is 214 g/mol. The van der Waals surface area contributed by atoms with Gasteiger partial charge in [-0.25, -0.2) is 0 Å². The number of hydrogen-bond donors (Lipinski definition) is 1. The van der Waals surface area contributed by atoms with Gasteiger partial charge in [0.1, 0.15) is 11.5 Å². The molecule has 0 unspecified atom stereocenters. The van der Waals surface area contributed by atoms with E-state index >= 15 is 0 Å². The second kappa shape index (κ2) is 5.70. The van der Waals surface area contributed by atoms with Gasteiger partial charge in [-0.15, -0.1) is 0 Å². The van der Waals surface area contributed by atoms with Crippen LogP contribution in [0.25, 0.3) is 0 Å². The van der Waals surface area contributed by atoms with Gasteiger partial charge in [0.2, 0.25) is 6.41 Å². The minimum atomic E-state index is 0.537. The van der Waals surface area contributed by atoms with Crippen LogP contribution in [-0.2, 0) is 11.3 Å². The molecule has 17 heavy (non-hydrogen) atoms. The molecule has 0 aromatic heterocycles. The van der Waals surface area contributed by atoms with Crippen LogP contribution in [0.4, 0.5) is 0 Å². The van der Waals surface area contributed by atoms with Crippen LogP contribution < -0.4 is 10.1 Å². The van der Waals surface area contributed by atoms with Crippen molar-refractivity contribution in [2.24, 2.45) is 0 Å².